The average molecular weight is 305 g/mol. The Morgan fingerprint density at radius 1 is 1.00 bits per heavy atom. The number of carbonyl (C=O) groups excluding carboxylic acids is 1. The molecule has 0 unspecified atom stereocenters. The number of hydrogen-bond donors (Lipinski definition) is 3. The van der Waals surface area contributed by atoms with E-state index in [-0.39, 0.29) is 11.7 Å². The minimum Gasteiger partial charge on any atom is -0.507 e. The number of nitrogens with two attached hydrogens (primary N) is 1. The maximum Gasteiger partial charge on any atom is 0.271 e. The number of amides is 1. The highest BCUT2D eigenvalue weighted by atomic mass is 16.3. The molecule has 0 bridgehead atoms. The van der Waals surface area contributed by atoms with Crippen LogP contribution in [0.15, 0.2) is 65.8 Å². The number of benzene rings is 3. The highest BCUT2D eigenvalue weighted by molar-refractivity contribution is 6.02. The zero-order chi connectivity index (χ0) is 16.2. The highest BCUT2D eigenvalue weighted by Crippen LogP contribution is 2.26. The van der Waals surface area contributed by atoms with Crippen molar-refractivity contribution >= 4 is 28.6 Å². The Morgan fingerprint density at radius 2 is 1.70 bits per heavy atom. The van der Waals surface area contributed by atoms with Crippen molar-refractivity contribution in [2.45, 2.75) is 0 Å². The molecule has 1 amide bonds. The highest BCUT2D eigenvalue weighted by Gasteiger charge is 2.05. The second kappa shape index (κ2) is 6.19. The monoisotopic (exact) mass is 305 g/mol. The predicted molar refractivity (Wildman–Crippen MR) is 91.5 cm³/mol. The first kappa shape index (κ1) is 14.6. The van der Waals surface area contributed by atoms with Crippen LogP contribution >= 0.6 is 0 Å². The van der Waals surface area contributed by atoms with Gasteiger partial charge >= 0.3 is 0 Å². The Kier molecular flexibility index (Phi) is 3.93. The maximum atomic E-state index is 12.0. The van der Waals surface area contributed by atoms with E-state index in [9.17, 15) is 9.90 Å². The van der Waals surface area contributed by atoms with Gasteiger partial charge in [-0.1, -0.05) is 24.3 Å². The molecule has 114 valence electrons. The Labute approximate surface area is 133 Å². The molecule has 0 heterocycles. The van der Waals surface area contributed by atoms with Crippen LogP contribution < -0.4 is 11.2 Å². The van der Waals surface area contributed by atoms with E-state index in [1.54, 1.807) is 42.6 Å². The zero-order valence-corrected chi connectivity index (χ0v) is 12.2. The van der Waals surface area contributed by atoms with Crippen molar-refractivity contribution < 1.29 is 9.90 Å². The molecule has 0 fully saturated rings. The number of nitrogens with zero attached hydrogens (tertiary/aromatic N) is 1. The van der Waals surface area contributed by atoms with E-state index >= 15 is 0 Å². The number of anilines is 1. The van der Waals surface area contributed by atoms with E-state index in [1.165, 1.54) is 0 Å². The fourth-order valence-electron chi connectivity index (χ4n) is 2.28. The molecular formula is C18H15N3O2. The van der Waals surface area contributed by atoms with Gasteiger partial charge in [-0.3, -0.25) is 4.79 Å². The number of hydrogen-bond acceptors (Lipinski definition) is 4. The summed E-state index contributed by atoms with van der Waals surface area (Å²) < 4.78 is 0. The number of hydrazone groups is 1. The van der Waals surface area contributed by atoms with Gasteiger partial charge < -0.3 is 10.8 Å². The first-order valence-electron chi connectivity index (χ1n) is 7.05. The summed E-state index contributed by atoms with van der Waals surface area (Å²) in [6.07, 6.45) is 1.55. The van der Waals surface area contributed by atoms with E-state index < -0.39 is 0 Å². The van der Waals surface area contributed by atoms with Gasteiger partial charge in [0.1, 0.15) is 5.75 Å². The van der Waals surface area contributed by atoms with Crippen molar-refractivity contribution in [3.05, 3.63) is 71.8 Å². The predicted octanol–water partition coefficient (Wildman–Crippen LogP) is 2.89. The van der Waals surface area contributed by atoms with Crippen molar-refractivity contribution in [2.75, 3.05) is 5.73 Å². The van der Waals surface area contributed by atoms with E-state index in [4.69, 9.17) is 5.73 Å². The smallest absolute Gasteiger partial charge is 0.271 e. The van der Waals surface area contributed by atoms with Crippen molar-refractivity contribution in [2.24, 2.45) is 5.10 Å². The normalized spacial score (nSPS) is 11.0. The molecule has 0 radical (unpaired) electrons. The Hall–Kier alpha value is -3.34. The lowest BCUT2D eigenvalue weighted by Gasteiger charge is -2.04. The largest absolute Gasteiger partial charge is 0.507 e. The Balaban J connectivity index is 1.80. The summed E-state index contributed by atoms with van der Waals surface area (Å²) in [7, 11) is 0. The lowest BCUT2D eigenvalue weighted by atomic mass is 10.0. The van der Waals surface area contributed by atoms with Gasteiger partial charge in [0.05, 0.1) is 6.21 Å². The van der Waals surface area contributed by atoms with Gasteiger partial charge in [0.2, 0.25) is 0 Å². The molecule has 5 nitrogen and oxygen atoms in total. The second-order valence-electron chi connectivity index (χ2n) is 5.04. The molecule has 0 aliphatic carbocycles. The van der Waals surface area contributed by atoms with Crippen LogP contribution in [0.25, 0.3) is 10.8 Å². The van der Waals surface area contributed by atoms with Gasteiger partial charge in [0, 0.05) is 22.2 Å². The summed E-state index contributed by atoms with van der Waals surface area (Å²) >= 11 is 0. The van der Waals surface area contributed by atoms with Crippen LogP contribution in [0.2, 0.25) is 0 Å². The van der Waals surface area contributed by atoms with E-state index in [2.05, 4.69) is 10.5 Å². The Bertz CT molecular complexity index is 886. The van der Waals surface area contributed by atoms with Crippen molar-refractivity contribution in [1.29, 1.82) is 0 Å². The van der Waals surface area contributed by atoms with Crippen LogP contribution in [0.4, 0.5) is 5.69 Å². The number of nitrogen functional groups attached to an aromatic ring is 1. The van der Waals surface area contributed by atoms with Gasteiger partial charge in [0.15, 0.2) is 0 Å². The van der Waals surface area contributed by atoms with E-state index in [1.807, 2.05) is 24.3 Å². The summed E-state index contributed by atoms with van der Waals surface area (Å²) in [4.78, 5) is 12.0. The Morgan fingerprint density at radius 3 is 2.43 bits per heavy atom. The molecule has 0 aliphatic rings. The molecular weight excluding hydrogens is 290 g/mol. The van der Waals surface area contributed by atoms with Gasteiger partial charge in [-0.05, 0) is 41.8 Å². The number of nitrogens with one attached hydrogen (secondary N) is 1. The third kappa shape index (κ3) is 3.13. The quantitative estimate of drug-likeness (QED) is 0.395. The molecule has 23 heavy (non-hydrogen) atoms. The third-order valence-corrected chi connectivity index (χ3v) is 3.48. The molecule has 0 aromatic heterocycles. The van der Waals surface area contributed by atoms with Crippen LogP contribution in [-0.2, 0) is 0 Å². The number of carbonyl (C=O) groups is 1. The fourth-order valence-corrected chi connectivity index (χ4v) is 2.28. The molecule has 0 saturated heterocycles. The van der Waals surface area contributed by atoms with Gasteiger partial charge in [0.25, 0.3) is 5.91 Å². The van der Waals surface area contributed by atoms with E-state index in [0.29, 0.717) is 11.3 Å². The van der Waals surface area contributed by atoms with Crippen molar-refractivity contribution in [3.63, 3.8) is 0 Å². The van der Waals surface area contributed by atoms with Gasteiger partial charge in [-0.25, -0.2) is 5.43 Å². The summed E-state index contributed by atoms with van der Waals surface area (Å²) in [5.41, 5.74) is 9.94. The molecule has 0 spiro atoms. The average Bonchev–Trinajstić information content (AvgIpc) is 2.58. The van der Waals surface area contributed by atoms with Gasteiger partial charge in [-0.2, -0.15) is 5.10 Å². The first-order chi connectivity index (χ1) is 11.1. The molecule has 5 heteroatoms. The number of fused-ring (bicyclic) bond motifs is 1. The molecule has 0 aliphatic heterocycles. The number of aromatic hydroxyl groups is 1. The van der Waals surface area contributed by atoms with Crippen LogP contribution in [-0.4, -0.2) is 17.2 Å². The maximum absolute atomic E-state index is 12.0. The van der Waals surface area contributed by atoms with Crippen LogP contribution in [0.3, 0.4) is 0 Å². The number of rotatable bonds is 3. The second-order valence-corrected chi connectivity index (χ2v) is 5.04. The fraction of sp³-hybridized carbons (Fsp3) is 0. The van der Waals surface area contributed by atoms with Crippen LogP contribution in [0.1, 0.15) is 15.9 Å². The summed E-state index contributed by atoms with van der Waals surface area (Å²) in [5, 5.41) is 15.4. The van der Waals surface area contributed by atoms with Gasteiger partial charge in [-0.15, -0.1) is 0 Å². The topological polar surface area (TPSA) is 87.7 Å². The SMILES string of the molecule is Nc1ccc(C(=O)N/N=C\c2ccc(O)c3ccccc23)cc1. The van der Waals surface area contributed by atoms with E-state index in [0.717, 1.165) is 16.3 Å². The molecule has 0 saturated carbocycles. The summed E-state index contributed by atoms with van der Waals surface area (Å²) in [6, 6.07) is 17.4. The minimum absolute atomic E-state index is 0.212. The number of phenols is 1. The minimum atomic E-state index is -0.315. The molecule has 3 aromatic rings. The first-order valence-corrected chi connectivity index (χ1v) is 7.05. The molecule has 3 rings (SSSR count). The lowest BCUT2D eigenvalue weighted by Crippen LogP contribution is -2.17. The molecule has 4 N–H and O–H groups in total. The molecule has 0 atom stereocenters. The van der Waals surface area contributed by atoms with Crippen molar-refractivity contribution in [1.82, 2.24) is 5.43 Å². The summed E-state index contributed by atoms with van der Waals surface area (Å²) in [6.45, 7) is 0. The number of phenolic OH excluding ortho intramolecular Hbond substituents is 1. The lowest BCUT2D eigenvalue weighted by molar-refractivity contribution is 0.0955. The zero-order valence-electron chi connectivity index (χ0n) is 12.2. The molecule has 3 aromatic carbocycles. The van der Waals surface area contributed by atoms with Crippen LogP contribution in [0.5, 0.6) is 5.75 Å². The summed E-state index contributed by atoms with van der Waals surface area (Å²) in [5.74, 6) is -0.104. The third-order valence-electron chi connectivity index (χ3n) is 3.48. The van der Waals surface area contributed by atoms with Crippen LogP contribution in [0, 0.1) is 0 Å². The van der Waals surface area contributed by atoms with Crippen molar-refractivity contribution in [3.8, 4) is 5.75 Å². The standard InChI is InChI=1S/C18H15N3O2/c19-14-8-5-12(6-9-14)18(23)21-20-11-13-7-10-17(22)16-4-2-1-3-15(13)16/h1-11,22H,19H2,(H,21,23)/b20-11-.